The van der Waals surface area contributed by atoms with E-state index in [4.69, 9.17) is 5.11 Å². The largest absolute Gasteiger partial charge is 0.478 e. The first kappa shape index (κ1) is 15.2. The molecule has 1 aromatic heterocycles. The average molecular weight is 298 g/mol. The third-order valence-corrected chi connectivity index (χ3v) is 3.03. The zero-order valence-corrected chi connectivity index (χ0v) is 11.7. The van der Waals surface area contributed by atoms with E-state index < -0.39 is 10.9 Å². The maximum absolute atomic E-state index is 11.0. The highest BCUT2D eigenvalue weighted by Crippen LogP contribution is 2.23. The minimum atomic E-state index is -0.995. The van der Waals surface area contributed by atoms with Gasteiger partial charge in [-0.1, -0.05) is 30.9 Å². The van der Waals surface area contributed by atoms with E-state index in [-0.39, 0.29) is 12.1 Å². The number of benzene rings is 1. The number of carbonyl (C=O) groups is 1. The molecule has 0 saturated heterocycles. The fraction of sp³-hybridized carbons (Fsp3) is 0.0625. The van der Waals surface area contributed by atoms with E-state index in [0.717, 1.165) is 16.7 Å². The van der Waals surface area contributed by atoms with E-state index in [2.05, 4.69) is 11.6 Å². The highest BCUT2D eigenvalue weighted by atomic mass is 16.6. The Morgan fingerprint density at radius 3 is 2.82 bits per heavy atom. The number of nitrogens with one attached hydrogen (secondary N) is 1. The Labute approximate surface area is 126 Å². The number of hydrogen-bond acceptors (Lipinski definition) is 3. The molecule has 0 unspecified atom stereocenters. The van der Waals surface area contributed by atoms with Crippen LogP contribution in [-0.2, 0) is 0 Å². The number of allylic oxidation sites excluding steroid dienone is 4. The summed E-state index contributed by atoms with van der Waals surface area (Å²) >= 11 is 0. The maximum Gasteiger partial charge on any atom is 0.335 e. The standard InChI is InChI=1S/C16H14N2O4/c1-2-4-11(5-3-8-18(21)22)14-9-12-6-7-13(16(19)20)10-15(12)17-14/h2-7,9-10,17H,1,8H2,(H,19,20)/b5-3-,11-4+. The number of hydrogen-bond donors (Lipinski definition) is 2. The molecule has 22 heavy (non-hydrogen) atoms. The topological polar surface area (TPSA) is 96.2 Å². The van der Waals surface area contributed by atoms with E-state index >= 15 is 0 Å². The van der Waals surface area contributed by atoms with Gasteiger partial charge in [-0.3, -0.25) is 10.1 Å². The van der Waals surface area contributed by atoms with Crippen LogP contribution in [-0.4, -0.2) is 27.5 Å². The summed E-state index contributed by atoms with van der Waals surface area (Å²) in [5, 5.41) is 20.2. The van der Waals surface area contributed by atoms with Crippen molar-refractivity contribution in [2.75, 3.05) is 6.54 Å². The van der Waals surface area contributed by atoms with Crippen LogP contribution in [0.3, 0.4) is 0 Å². The Morgan fingerprint density at radius 1 is 1.41 bits per heavy atom. The number of carboxylic acid groups (broad SMARTS) is 1. The van der Waals surface area contributed by atoms with Gasteiger partial charge in [-0.05, 0) is 29.8 Å². The van der Waals surface area contributed by atoms with E-state index in [1.165, 1.54) is 12.1 Å². The fourth-order valence-electron chi connectivity index (χ4n) is 2.04. The van der Waals surface area contributed by atoms with Crippen LogP contribution in [0.1, 0.15) is 16.1 Å². The molecular weight excluding hydrogens is 284 g/mol. The molecule has 1 aromatic carbocycles. The molecule has 6 nitrogen and oxygen atoms in total. The lowest BCUT2D eigenvalue weighted by molar-refractivity contribution is -0.468. The molecule has 0 amide bonds. The molecule has 6 heteroatoms. The number of carboxylic acids is 1. The van der Waals surface area contributed by atoms with Crippen molar-refractivity contribution in [3.05, 3.63) is 76.5 Å². The monoisotopic (exact) mass is 298 g/mol. The summed E-state index contributed by atoms with van der Waals surface area (Å²) in [6.07, 6.45) is 6.39. The summed E-state index contributed by atoms with van der Waals surface area (Å²) in [5.41, 5.74) is 2.34. The average Bonchev–Trinajstić information content (AvgIpc) is 2.88. The third-order valence-electron chi connectivity index (χ3n) is 3.03. The second-order valence-corrected chi connectivity index (χ2v) is 4.57. The Hall–Kier alpha value is -3.15. The number of aromatic nitrogens is 1. The zero-order chi connectivity index (χ0) is 16.1. The van der Waals surface area contributed by atoms with Crippen molar-refractivity contribution in [2.24, 2.45) is 0 Å². The normalized spacial score (nSPS) is 11.9. The molecule has 1 heterocycles. The van der Waals surface area contributed by atoms with Crippen LogP contribution in [0.15, 0.2) is 55.1 Å². The number of rotatable bonds is 6. The molecule has 0 fully saturated rings. The van der Waals surface area contributed by atoms with Crippen LogP contribution in [0.4, 0.5) is 0 Å². The number of H-pyrrole nitrogens is 1. The molecule has 0 aliphatic carbocycles. The van der Waals surface area contributed by atoms with Gasteiger partial charge in [-0.25, -0.2) is 4.79 Å². The second-order valence-electron chi connectivity index (χ2n) is 4.57. The molecule has 0 atom stereocenters. The van der Waals surface area contributed by atoms with Crippen molar-refractivity contribution in [3.63, 3.8) is 0 Å². The van der Waals surface area contributed by atoms with E-state index in [1.54, 1.807) is 30.4 Å². The molecule has 0 spiro atoms. The molecule has 0 radical (unpaired) electrons. The van der Waals surface area contributed by atoms with Crippen LogP contribution < -0.4 is 0 Å². The molecule has 2 aromatic rings. The summed E-state index contributed by atoms with van der Waals surface area (Å²) in [7, 11) is 0. The van der Waals surface area contributed by atoms with Crippen molar-refractivity contribution in [2.45, 2.75) is 0 Å². The lowest BCUT2D eigenvalue weighted by Gasteiger charge is -1.97. The van der Waals surface area contributed by atoms with Gasteiger partial charge in [0.15, 0.2) is 0 Å². The van der Waals surface area contributed by atoms with Crippen molar-refractivity contribution < 1.29 is 14.8 Å². The molecule has 0 aliphatic rings. The lowest BCUT2D eigenvalue weighted by Crippen LogP contribution is -1.96. The number of aromatic amines is 1. The van der Waals surface area contributed by atoms with Crippen molar-refractivity contribution in [1.29, 1.82) is 0 Å². The molecule has 0 bridgehead atoms. The predicted molar refractivity (Wildman–Crippen MR) is 84.4 cm³/mol. The first-order chi connectivity index (χ1) is 10.5. The number of aromatic carboxylic acids is 1. The molecule has 0 saturated carbocycles. The van der Waals surface area contributed by atoms with Gasteiger partial charge in [0.2, 0.25) is 6.54 Å². The van der Waals surface area contributed by atoms with Gasteiger partial charge in [0.05, 0.1) is 5.56 Å². The van der Waals surface area contributed by atoms with Crippen LogP contribution in [0, 0.1) is 10.1 Å². The Bertz CT molecular complexity index is 800. The van der Waals surface area contributed by atoms with Crippen molar-refractivity contribution >= 4 is 22.4 Å². The van der Waals surface area contributed by atoms with Crippen LogP contribution in [0.2, 0.25) is 0 Å². The van der Waals surface area contributed by atoms with E-state index in [0.29, 0.717) is 5.52 Å². The number of nitro groups is 1. The molecule has 112 valence electrons. The third kappa shape index (κ3) is 3.49. The van der Waals surface area contributed by atoms with Gasteiger partial charge < -0.3 is 10.1 Å². The van der Waals surface area contributed by atoms with Gasteiger partial charge in [-0.15, -0.1) is 0 Å². The first-order valence-electron chi connectivity index (χ1n) is 6.49. The van der Waals surface area contributed by atoms with Crippen LogP contribution in [0.5, 0.6) is 0 Å². The summed E-state index contributed by atoms with van der Waals surface area (Å²) in [4.78, 5) is 24.0. The molecule has 0 aliphatic heterocycles. The number of nitrogens with zero attached hydrogens (tertiary/aromatic N) is 1. The maximum atomic E-state index is 11.0. The molecule has 2 rings (SSSR count). The van der Waals surface area contributed by atoms with Crippen LogP contribution >= 0.6 is 0 Å². The summed E-state index contributed by atoms with van der Waals surface area (Å²) in [6.45, 7) is 3.36. The highest BCUT2D eigenvalue weighted by Gasteiger charge is 2.07. The summed E-state index contributed by atoms with van der Waals surface area (Å²) in [6, 6.07) is 6.65. The van der Waals surface area contributed by atoms with Crippen LogP contribution in [0.25, 0.3) is 16.5 Å². The fourth-order valence-corrected chi connectivity index (χ4v) is 2.04. The van der Waals surface area contributed by atoms with Gasteiger partial charge in [0, 0.05) is 21.5 Å². The Morgan fingerprint density at radius 2 is 2.18 bits per heavy atom. The lowest BCUT2D eigenvalue weighted by atomic mass is 10.1. The predicted octanol–water partition coefficient (Wildman–Crippen LogP) is 3.27. The van der Waals surface area contributed by atoms with E-state index in [9.17, 15) is 14.9 Å². The summed E-state index contributed by atoms with van der Waals surface area (Å²) < 4.78 is 0. The van der Waals surface area contributed by atoms with Gasteiger partial charge in [0.1, 0.15) is 0 Å². The first-order valence-corrected chi connectivity index (χ1v) is 6.49. The zero-order valence-electron chi connectivity index (χ0n) is 11.7. The highest BCUT2D eigenvalue weighted by molar-refractivity contribution is 5.95. The SMILES string of the molecule is C=C/C=C(\C=C/C[N+](=O)[O-])c1cc2ccc(C(=O)O)cc2[nH]1. The minimum absolute atomic E-state index is 0.194. The summed E-state index contributed by atoms with van der Waals surface area (Å²) in [5.74, 6) is -0.995. The second kappa shape index (κ2) is 6.53. The van der Waals surface area contributed by atoms with Crippen molar-refractivity contribution in [1.82, 2.24) is 4.98 Å². The minimum Gasteiger partial charge on any atom is -0.478 e. The molecular formula is C16H14N2O4. The smallest absolute Gasteiger partial charge is 0.335 e. The molecule has 2 N–H and O–H groups in total. The van der Waals surface area contributed by atoms with Gasteiger partial charge in [-0.2, -0.15) is 0 Å². The quantitative estimate of drug-likeness (QED) is 0.486. The van der Waals surface area contributed by atoms with Gasteiger partial charge in [0.25, 0.3) is 0 Å². The Balaban J connectivity index is 2.40. The number of fused-ring (bicyclic) bond motifs is 1. The Kier molecular flexibility index (Phi) is 4.53. The van der Waals surface area contributed by atoms with Crippen molar-refractivity contribution in [3.8, 4) is 0 Å². The van der Waals surface area contributed by atoms with E-state index in [1.807, 2.05) is 6.07 Å². The van der Waals surface area contributed by atoms with Gasteiger partial charge >= 0.3 is 5.97 Å².